The molecule has 3 aromatic carbocycles. The lowest BCUT2D eigenvalue weighted by Gasteiger charge is -2.06. The third-order valence-corrected chi connectivity index (χ3v) is 6.25. The Bertz CT molecular complexity index is 1410. The standard InChI is InChI=1S/C25H19ClN4O2S/c26-21-8-5-17(6-9-21)13-30-16-27-25(29-30)28-24(31)23-11-18(15-33-23)14-32-22-10-7-19-3-1-2-4-20(19)12-22/h1-12,15-16H,13-14H2,(H,28,29,31). The normalized spacial score (nSPS) is 10.9. The van der Waals surface area contributed by atoms with Crippen molar-refractivity contribution < 1.29 is 9.53 Å². The van der Waals surface area contributed by atoms with E-state index in [0.29, 0.717) is 23.1 Å². The molecule has 6 nitrogen and oxygen atoms in total. The number of carbonyl (C=O) groups is 1. The molecule has 0 fully saturated rings. The zero-order valence-corrected chi connectivity index (χ0v) is 19.0. The summed E-state index contributed by atoms with van der Waals surface area (Å²) >= 11 is 7.28. The summed E-state index contributed by atoms with van der Waals surface area (Å²) in [6.07, 6.45) is 1.58. The van der Waals surface area contributed by atoms with Gasteiger partial charge in [-0.15, -0.1) is 16.4 Å². The quantitative estimate of drug-likeness (QED) is 0.313. The van der Waals surface area contributed by atoms with Crippen molar-refractivity contribution >= 4 is 45.6 Å². The number of rotatable bonds is 7. The van der Waals surface area contributed by atoms with E-state index in [2.05, 4.69) is 27.5 Å². The number of thiophene rings is 1. The molecule has 164 valence electrons. The van der Waals surface area contributed by atoms with Crippen LogP contribution in [0.25, 0.3) is 10.8 Å². The summed E-state index contributed by atoms with van der Waals surface area (Å²) in [6, 6.07) is 23.5. The van der Waals surface area contributed by atoms with Crippen LogP contribution >= 0.6 is 22.9 Å². The molecule has 0 aliphatic heterocycles. The van der Waals surface area contributed by atoms with E-state index in [1.807, 2.05) is 66.0 Å². The maximum atomic E-state index is 12.6. The van der Waals surface area contributed by atoms with Gasteiger partial charge in [0.05, 0.1) is 11.4 Å². The zero-order chi connectivity index (χ0) is 22.6. The Labute approximate surface area is 199 Å². The van der Waals surface area contributed by atoms with E-state index in [1.165, 1.54) is 16.7 Å². The maximum absolute atomic E-state index is 12.6. The molecule has 0 unspecified atom stereocenters. The molecule has 0 aliphatic carbocycles. The SMILES string of the molecule is O=C(Nc1ncn(Cc2ccc(Cl)cc2)n1)c1cc(COc2ccc3ccccc3c2)cs1. The third-order valence-electron chi connectivity index (χ3n) is 5.02. The molecule has 0 atom stereocenters. The van der Waals surface area contributed by atoms with Gasteiger partial charge in [-0.2, -0.15) is 0 Å². The highest BCUT2D eigenvalue weighted by Crippen LogP contribution is 2.23. The fourth-order valence-corrected chi connectivity index (χ4v) is 4.28. The fraction of sp³-hybridized carbons (Fsp3) is 0.0800. The number of anilines is 1. The van der Waals surface area contributed by atoms with E-state index in [-0.39, 0.29) is 11.9 Å². The van der Waals surface area contributed by atoms with Crippen LogP contribution in [0.5, 0.6) is 5.75 Å². The molecule has 0 spiro atoms. The van der Waals surface area contributed by atoms with Crippen LogP contribution in [0.15, 0.2) is 84.5 Å². The molecule has 0 bridgehead atoms. The van der Waals surface area contributed by atoms with Gasteiger partial charge in [0.25, 0.3) is 5.91 Å². The molecule has 0 aliphatic rings. The number of benzene rings is 3. The average Bonchev–Trinajstić information content (AvgIpc) is 3.49. The topological polar surface area (TPSA) is 69.0 Å². The van der Waals surface area contributed by atoms with Gasteiger partial charge in [-0.1, -0.05) is 54.1 Å². The number of hydrogen-bond donors (Lipinski definition) is 1. The van der Waals surface area contributed by atoms with Gasteiger partial charge in [0.15, 0.2) is 0 Å². The second kappa shape index (κ2) is 9.44. The van der Waals surface area contributed by atoms with Crippen LogP contribution in [-0.4, -0.2) is 20.7 Å². The van der Waals surface area contributed by atoms with Crippen molar-refractivity contribution in [1.29, 1.82) is 0 Å². The molecule has 8 heteroatoms. The first-order valence-electron chi connectivity index (χ1n) is 10.3. The van der Waals surface area contributed by atoms with Gasteiger partial charge in [-0.05, 0) is 52.0 Å². The van der Waals surface area contributed by atoms with E-state index >= 15 is 0 Å². The van der Waals surface area contributed by atoms with E-state index in [1.54, 1.807) is 11.0 Å². The number of ether oxygens (including phenoxy) is 1. The molecule has 5 aromatic rings. The van der Waals surface area contributed by atoms with Crippen molar-refractivity contribution in [1.82, 2.24) is 14.8 Å². The highest BCUT2D eigenvalue weighted by Gasteiger charge is 2.12. The highest BCUT2D eigenvalue weighted by molar-refractivity contribution is 7.12. The molecule has 2 heterocycles. The summed E-state index contributed by atoms with van der Waals surface area (Å²) in [5.41, 5.74) is 1.97. The smallest absolute Gasteiger partial charge is 0.268 e. The first-order valence-corrected chi connectivity index (χ1v) is 11.5. The van der Waals surface area contributed by atoms with Gasteiger partial charge >= 0.3 is 0 Å². The summed E-state index contributed by atoms with van der Waals surface area (Å²) in [4.78, 5) is 17.4. The molecule has 33 heavy (non-hydrogen) atoms. The van der Waals surface area contributed by atoms with Crippen LogP contribution in [-0.2, 0) is 13.2 Å². The monoisotopic (exact) mass is 474 g/mol. The van der Waals surface area contributed by atoms with Crippen molar-refractivity contribution in [2.45, 2.75) is 13.2 Å². The Morgan fingerprint density at radius 2 is 1.82 bits per heavy atom. The Kier molecular flexibility index (Phi) is 6.06. The van der Waals surface area contributed by atoms with E-state index in [0.717, 1.165) is 22.3 Å². The first-order chi connectivity index (χ1) is 16.1. The minimum atomic E-state index is -0.249. The predicted octanol–water partition coefficient (Wildman–Crippen LogP) is 6.03. The summed E-state index contributed by atoms with van der Waals surface area (Å²) < 4.78 is 7.58. The van der Waals surface area contributed by atoms with Crippen molar-refractivity contribution in [3.05, 3.63) is 106 Å². The number of aromatic nitrogens is 3. The second-order valence-electron chi connectivity index (χ2n) is 7.46. The predicted molar refractivity (Wildman–Crippen MR) is 131 cm³/mol. The molecule has 5 rings (SSSR count). The molecular formula is C25H19ClN4O2S. The first kappa shape index (κ1) is 21.2. The molecular weight excluding hydrogens is 456 g/mol. The minimum absolute atomic E-state index is 0.249. The number of fused-ring (bicyclic) bond motifs is 1. The zero-order valence-electron chi connectivity index (χ0n) is 17.4. The van der Waals surface area contributed by atoms with Gasteiger partial charge in [0, 0.05) is 10.6 Å². The Morgan fingerprint density at radius 3 is 2.67 bits per heavy atom. The Morgan fingerprint density at radius 1 is 1.00 bits per heavy atom. The van der Waals surface area contributed by atoms with Crippen LogP contribution in [0.4, 0.5) is 5.95 Å². The molecule has 0 saturated heterocycles. The number of halogens is 1. The van der Waals surface area contributed by atoms with Gasteiger partial charge < -0.3 is 4.74 Å². The van der Waals surface area contributed by atoms with Crippen LogP contribution < -0.4 is 10.1 Å². The second-order valence-corrected chi connectivity index (χ2v) is 8.81. The third kappa shape index (κ3) is 5.22. The van der Waals surface area contributed by atoms with Crippen molar-refractivity contribution in [3.8, 4) is 5.75 Å². The largest absolute Gasteiger partial charge is 0.489 e. The highest BCUT2D eigenvalue weighted by atomic mass is 35.5. The molecule has 0 saturated carbocycles. The van der Waals surface area contributed by atoms with Crippen molar-refractivity contribution in [2.75, 3.05) is 5.32 Å². The molecule has 2 aromatic heterocycles. The lowest BCUT2D eigenvalue weighted by Crippen LogP contribution is -2.12. The number of nitrogens with zero attached hydrogens (tertiary/aromatic N) is 3. The van der Waals surface area contributed by atoms with E-state index < -0.39 is 0 Å². The Balaban J connectivity index is 1.18. The molecule has 1 amide bonds. The maximum Gasteiger partial charge on any atom is 0.268 e. The summed E-state index contributed by atoms with van der Waals surface area (Å²) in [7, 11) is 0. The lowest BCUT2D eigenvalue weighted by molar-refractivity contribution is 0.102. The number of carbonyl (C=O) groups excluding carboxylic acids is 1. The van der Waals surface area contributed by atoms with E-state index in [9.17, 15) is 4.79 Å². The minimum Gasteiger partial charge on any atom is -0.489 e. The lowest BCUT2D eigenvalue weighted by atomic mass is 10.1. The number of amides is 1. The fourth-order valence-electron chi connectivity index (χ4n) is 3.36. The number of hydrogen-bond acceptors (Lipinski definition) is 5. The van der Waals surface area contributed by atoms with Crippen LogP contribution in [0.2, 0.25) is 5.02 Å². The van der Waals surface area contributed by atoms with Gasteiger partial charge in [0.2, 0.25) is 5.95 Å². The summed E-state index contributed by atoms with van der Waals surface area (Å²) in [5.74, 6) is 0.804. The van der Waals surface area contributed by atoms with Gasteiger partial charge in [-0.25, -0.2) is 9.67 Å². The van der Waals surface area contributed by atoms with Crippen LogP contribution in [0, 0.1) is 0 Å². The van der Waals surface area contributed by atoms with E-state index in [4.69, 9.17) is 16.3 Å². The van der Waals surface area contributed by atoms with Gasteiger partial charge in [-0.3, -0.25) is 10.1 Å². The van der Waals surface area contributed by atoms with Crippen LogP contribution in [0.3, 0.4) is 0 Å². The van der Waals surface area contributed by atoms with Crippen LogP contribution in [0.1, 0.15) is 20.8 Å². The van der Waals surface area contributed by atoms with Crippen molar-refractivity contribution in [2.24, 2.45) is 0 Å². The average molecular weight is 475 g/mol. The Hall–Kier alpha value is -3.68. The van der Waals surface area contributed by atoms with Gasteiger partial charge in [0.1, 0.15) is 18.7 Å². The number of nitrogens with one attached hydrogen (secondary N) is 1. The summed E-state index contributed by atoms with van der Waals surface area (Å²) in [5, 5.41) is 12.0. The molecule has 0 radical (unpaired) electrons. The summed E-state index contributed by atoms with van der Waals surface area (Å²) in [6.45, 7) is 0.922. The van der Waals surface area contributed by atoms with Crippen molar-refractivity contribution in [3.63, 3.8) is 0 Å². The molecule has 1 N–H and O–H groups in total.